The van der Waals surface area contributed by atoms with E-state index in [1.807, 2.05) is 0 Å². The molecule has 0 saturated heterocycles. The standard InChI is InChI=1S/C12H9F3N2O/c1-18-9-5-2-4-8(10(9)12(13,14)15)11-16-6-3-7-17-11/h2-7H,1H3. The Morgan fingerprint density at radius 1 is 1.06 bits per heavy atom. The summed E-state index contributed by atoms with van der Waals surface area (Å²) < 4.78 is 43.9. The van der Waals surface area contributed by atoms with E-state index in [2.05, 4.69) is 9.97 Å². The van der Waals surface area contributed by atoms with Crippen LogP contribution in [0.2, 0.25) is 0 Å². The van der Waals surface area contributed by atoms with Crippen LogP contribution in [0.3, 0.4) is 0 Å². The number of benzene rings is 1. The van der Waals surface area contributed by atoms with Gasteiger partial charge in [0.05, 0.1) is 7.11 Å². The van der Waals surface area contributed by atoms with E-state index in [1.54, 1.807) is 0 Å². The molecule has 2 rings (SSSR count). The Morgan fingerprint density at radius 3 is 2.28 bits per heavy atom. The zero-order valence-electron chi connectivity index (χ0n) is 9.40. The van der Waals surface area contributed by atoms with Gasteiger partial charge in [-0.3, -0.25) is 0 Å². The largest absolute Gasteiger partial charge is 0.496 e. The Balaban J connectivity index is 2.68. The van der Waals surface area contributed by atoms with Crippen molar-refractivity contribution >= 4 is 0 Å². The third-order valence-corrected chi connectivity index (χ3v) is 2.34. The van der Waals surface area contributed by atoms with Gasteiger partial charge in [-0.05, 0) is 12.1 Å². The normalized spacial score (nSPS) is 11.3. The zero-order chi connectivity index (χ0) is 13.2. The first-order valence-electron chi connectivity index (χ1n) is 5.05. The zero-order valence-corrected chi connectivity index (χ0v) is 9.40. The lowest BCUT2D eigenvalue weighted by Gasteiger charge is -2.15. The minimum absolute atomic E-state index is 0.0173. The molecule has 18 heavy (non-hydrogen) atoms. The van der Waals surface area contributed by atoms with Crippen LogP contribution in [0.4, 0.5) is 13.2 Å². The maximum Gasteiger partial charge on any atom is 0.420 e. The summed E-state index contributed by atoms with van der Waals surface area (Å²) in [6.07, 6.45) is -1.74. The van der Waals surface area contributed by atoms with Gasteiger partial charge in [0.25, 0.3) is 0 Å². The van der Waals surface area contributed by atoms with Crippen LogP contribution in [0.1, 0.15) is 5.56 Å². The lowest BCUT2D eigenvalue weighted by atomic mass is 10.1. The number of hydrogen-bond acceptors (Lipinski definition) is 3. The van der Waals surface area contributed by atoms with Crippen molar-refractivity contribution in [2.24, 2.45) is 0 Å². The van der Waals surface area contributed by atoms with Crippen molar-refractivity contribution in [3.63, 3.8) is 0 Å². The number of rotatable bonds is 2. The molecular weight excluding hydrogens is 245 g/mol. The number of halogens is 3. The van der Waals surface area contributed by atoms with Crippen LogP contribution >= 0.6 is 0 Å². The highest BCUT2D eigenvalue weighted by Gasteiger charge is 2.37. The van der Waals surface area contributed by atoms with Gasteiger partial charge >= 0.3 is 6.18 Å². The minimum atomic E-state index is -4.53. The van der Waals surface area contributed by atoms with Crippen molar-refractivity contribution in [3.05, 3.63) is 42.2 Å². The lowest BCUT2D eigenvalue weighted by molar-refractivity contribution is -0.138. The second kappa shape index (κ2) is 4.64. The number of methoxy groups -OCH3 is 1. The topological polar surface area (TPSA) is 35.0 Å². The van der Waals surface area contributed by atoms with Gasteiger partial charge in [-0.15, -0.1) is 0 Å². The predicted molar refractivity (Wildman–Crippen MR) is 59.0 cm³/mol. The Kier molecular flexibility index (Phi) is 3.18. The fourth-order valence-electron chi connectivity index (χ4n) is 1.62. The molecule has 0 radical (unpaired) electrons. The molecule has 0 aliphatic rings. The molecular formula is C12H9F3N2O. The first kappa shape index (κ1) is 12.3. The molecule has 0 spiro atoms. The molecule has 6 heteroatoms. The highest BCUT2D eigenvalue weighted by atomic mass is 19.4. The van der Waals surface area contributed by atoms with E-state index in [4.69, 9.17) is 4.74 Å². The first-order chi connectivity index (χ1) is 8.54. The van der Waals surface area contributed by atoms with Crippen LogP contribution in [-0.4, -0.2) is 17.1 Å². The van der Waals surface area contributed by atoms with Gasteiger partial charge in [0.1, 0.15) is 11.3 Å². The smallest absolute Gasteiger partial charge is 0.420 e. The molecule has 94 valence electrons. The molecule has 2 aromatic rings. The molecule has 0 aliphatic heterocycles. The minimum Gasteiger partial charge on any atom is -0.496 e. The summed E-state index contributed by atoms with van der Waals surface area (Å²) in [7, 11) is 1.19. The highest BCUT2D eigenvalue weighted by molar-refractivity contribution is 5.65. The Hall–Kier alpha value is -2.11. The Morgan fingerprint density at radius 2 is 1.72 bits per heavy atom. The van der Waals surface area contributed by atoms with Crippen LogP contribution in [-0.2, 0) is 6.18 Å². The van der Waals surface area contributed by atoms with E-state index in [0.29, 0.717) is 0 Å². The van der Waals surface area contributed by atoms with Crippen molar-refractivity contribution < 1.29 is 17.9 Å². The van der Waals surface area contributed by atoms with Crippen LogP contribution in [0, 0.1) is 0 Å². The van der Waals surface area contributed by atoms with Gasteiger partial charge in [-0.25, -0.2) is 9.97 Å². The van der Waals surface area contributed by atoms with Crippen molar-refractivity contribution in [1.29, 1.82) is 0 Å². The maximum absolute atomic E-state index is 13.0. The molecule has 0 unspecified atom stereocenters. The third-order valence-electron chi connectivity index (χ3n) is 2.34. The molecule has 0 N–H and O–H groups in total. The molecule has 0 saturated carbocycles. The molecule has 1 aromatic heterocycles. The first-order valence-corrected chi connectivity index (χ1v) is 5.05. The van der Waals surface area contributed by atoms with Crippen LogP contribution in [0.5, 0.6) is 5.75 Å². The monoisotopic (exact) mass is 254 g/mol. The summed E-state index contributed by atoms with van der Waals surface area (Å²) in [5.74, 6) is -0.226. The lowest BCUT2D eigenvalue weighted by Crippen LogP contribution is -2.10. The van der Waals surface area contributed by atoms with Gasteiger partial charge in [-0.2, -0.15) is 13.2 Å². The third kappa shape index (κ3) is 2.27. The summed E-state index contributed by atoms with van der Waals surface area (Å²) in [6, 6.07) is 5.59. The molecule has 0 bridgehead atoms. The number of nitrogens with zero attached hydrogens (tertiary/aromatic N) is 2. The quantitative estimate of drug-likeness (QED) is 0.825. The predicted octanol–water partition coefficient (Wildman–Crippen LogP) is 3.17. The average molecular weight is 254 g/mol. The van der Waals surface area contributed by atoms with Gasteiger partial charge in [0, 0.05) is 18.0 Å². The van der Waals surface area contributed by atoms with Gasteiger partial charge in [0.15, 0.2) is 5.82 Å². The number of hydrogen-bond donors (Lipinski definition) is 0. The van der Waals surface area contributed by atoms with Crippen LogP contribution in [0.25, 0.3) is 11.4 Å². The summed E-state index contributed by atoms with van der Waals surface area (Å²) in [5, 5.41) is 0. The number of alkyl halides is 3. The number of aromatic nitrogens is 2. The van der Waals surface area contributed by atoms with E-state index >= 15 is 0 Å². The molecule has 0 fully saturated rings. The Labute approximate surface area is 101 Å². The average Bonchev–Trinajstić information content (AvgIpc) is 2.38. The van der Waals surface area contributed by atoms with Crippen LogP contribution in [0.15, 0.2) is 36.7 Å². The van der Waals surface area contributed by atoms with Gasteiger partial charge in [-0.1, -0.05) is 12.1 Å². The fraction of sp³-hybridized carbons (Fsp3) is 0.167. The van der Waals surface area contributed by atoms with E-state index in [9.17, 15) is 13.2 Å². The SMILES string of the molecule is COc1cccc(-c2ncccn2)c1C(F)(F)F. The van der Waals surface area contributed by atoms with E-state index in [1.165, 1.54) is 43.8 Å². The second-order valence-corrected chi connectivity index (χ2v) is 3.45. The molecule has 3 nitrogen and oxygen atoms in total. The second-order valence-electron chi connectivity index (χ2n) is 3.45. The summed E-state index contributed by atoms with van der Waals surface area (Å²) in [4.78, 5) is 7.66. The van der Waals surface area contributed by atoms with Crippen molar-refractivity contribution in [3.8, 4) is 17.1 Å². The molecule has 1 heterocycles. The Bertz CT molecular complexity index is 541. The summed E-state index contributed by atoms with van der Waals surface area (Å²) in [5.41, 5.74) is -0.957. The van der Waals surface area contributed by atoms with Gasteiger partial charge in [0.2, 0.25) is 0 Å². The summed E-state index contributed by atoms with van der Waals surface area (Å²) in [6.45, 7) is 0. The highest BCUT2D eigenvalue weighted by Crippen LogP contribution is 2.41. The molecule has 0 aliphatic carbocycles. The fourth-order valence-corrected chi connectivity index (χ4v) is 1.62. The molecule has 0 amide bonds. The maximum atomic E-state index is 13.0. The van der Waals surface area contributed by atoms with Crippen molar-refractivity contribution in [1.82, 2.24) is 9.97 Å². The van der Waals surface area contributed by atoms with E-state index in [0.717, 1.165) is 0 Å². The van der Waals surface area contributed by atoms with E-state index < -0.39 is 11.7 Å². The number of ether oxygens (including phenoxy) is 1. The van der Waals surface area contributed by atoms with Crippen molar-refractivity contribution in [2.75, 3.05) is 7.11 Å². The van der Waals surface area contributed by atoms with Gasteiger partial charge < -0.3 is 4.74 Å². The molecule has 1 aromatic carbocycles. The van der Waals surface area contributed by atoms with Crippen molar-refractivity contribution in [2.45, 2.75) is 6.18 Å². The molecule has 0 atom stereocenters. The van der Waals surface area contributed by atoms with Crippen LogP contribution < -0.4 is 4.74 Å². The van der Waals surface area contributed by atoms with E-state index in [-0.39, 0.29) is 17.1 Å². The summed E-state index contributed by atoms with van der Waals surface area (Å²) >= 11 is 0.